The van der Waals surface area contributed by atoms with Crippen LogP contribution in [0.4, 0.5) is 4.39 Å². The summed E-state index contributed by atoms with van der Waals surface area (Å²) in [5.41, 5.74) is 1.28. The van der Waals surface area contributed by atoms with Gasteiger partial charge in [0.15, 0.2) is 5.78 Å². The van der Waals surface area contributed by atoms with Crippen molar-refractivity contribution in [3.8, 4) is 11.5 Å². The van der Waals surface area contributed by atoms with Crippen LogP contribution in [-0.2, 0) is 6.61 Å². The number of hydrogen-bond donors (Lipinski definition) is 0. The molecule has 3 nitrogen and oxygen atoms in total. The van der Waals surface area contributed by atoms with E-state index in [-0.39, 0.29) is 17.4 Å². The van der Waals surface area contributed by atoms with Gasteiger partial charge in [0, 0.05) is 17.2 Å². The maximum atomic E-state index is 13.3. The summed E-state index contributed by atoms with van der Waals surface area (Å²) in [5.74, 6) is 0.372. The highest BCUT2D eigenvalue weighted by atomic mass is 35.5. The fourth-order valence-corrected chi connectivity index (χ4v) is 1.96. The highest BCUT2D eigenvalue weighted by Gasteiger charge is 2.09. The Morgan fingerprint density at radius 3 is 2.62 bits per heavy atom. The van der Waals surface area contributed by atoms with Gasteiger partial charge >= 0.3 is 0 Å². The SMILES string of the molecule is COc1ccc(C(C)=O)cc1COc1ccc(Cl)c(F)c1. The highest BCUT2D eigenvalue weighted by Crippen LogP contribution is 2.24. The van der Waals surface area contributed by atoms with E-state index in [1.807, 2.05) is 0 Å². The smallest absolute Gasteiger partial charge is 0.159 e. The van der Waals surface area contributed by atoms with E-state index in [9.17, 15) is 9.18 Å². The van der Waals surface area contributed by atoms with Crippen molar-refractivity contribution in [3.05, 3.63) is 58.4 Å². The monoisotopic (exact) mass is 308 g/mol. The Balaban J connectivity index is 2.19. The van der Waals surface area contributed by atoms with Crippen LogP contribution in [-0.4, -0.2) is 12.9 Å². The zero-order chi connectivity index (χ0) is 15.4. The standard InChI is InChI=1S/C16H14ClFO3/c1-10(19)11-3-6-16(20-2)12(7-11)9-21-13-4-5-14(17)15(18)8-13/h3-8H,9H2,1-2H3. The van der Waals surface area contributed by atoms with Gasteiger partial charge < -0.3 is 9.47 Å². The van der Waals surface area contributed by atoms with Crippen molar-refractivity contribution in [2.24, 2.45) is 0 Å². The van der Waals surface area contributed by atoms with Crippen molar-refractivity contribution in [1.82, 2.24) is 0 Å². The number of carbonyl (C=O) groups excluding carboxylic acids is 1. The number of ketones is 1. The molecule has 0 aliphatic carbocycles. The van der Waals surface area contributed by atoms with Gasteiger partial charge in [-0.15, -0.1) is 0 Å². The van der Waals surface area contributed by atoms with Gasteiger partial charge in [-0.05, 0) is 37.3 Å². The predicted octanol–water partition coefficient (Wildman–Crippen LogP) is 4.27. The van der Waals surface area contributed by atoms with Crippen LogP contribution in [0.3, 0.4) is 0 Å². The molecule has 0 unspecified atom stereocenters. The number of benzene rings is 2. The van der Waals surface area contributed by atoms with Crippen molar-refractivity contribution in [1.29, 1.82) is 0 Å². The minimum atomic E-state index is -0.543. The molecule has 0 saturated carbocycles. The van der Waals surface area contributed by atoms with Gasteiger partial charge in [-0.1, -0.05) is 11.6 Å². The summed E-state index contributed by atoms with van der Waals surface area (Å²) in [6.07, 6.45) is 0. The lowest BCUT2D eigenvalue weighted by atomic mass is 10.1. The van der Waals surface area contributed by atoms with E-state index in [1.165, 1.54) is 26.2 Å². The second-order valence-electron chi connectivity index (χ2n) is 4.45. The Labute approximate surface area is 127 Å². The number of ether oxygens (including phenoxy) is 2. The Kier molecular flexibility index (Phi) is 4.81. The fraction of sp³-hybridized carbons (Fsp3) is 0.188. The minimum absolute atomic E-state index is 0.0403. The Hall–Kier alpha value is -2.07. The van der Waals surface area contributed by atoms with Crippen LogP contribution in [0.15, 0.2) is 36.4 Å². The first-order valence-electron chi connectivity index (χ1n) is 6.27. The number of hydrogen-bond acceptors (Lipinski definition) is 3. The predicted molar refractivity (Wildman–Crippen MR) is 78.7 cm³/mol. The molecule has 2 aromatic rings. The largest absolute Gasteiger partial charge is 0.496 e. The second-order valence-corrected chi connectivity index (χ2v) is 4.85. The summed E-state index contributed by atoms with van der Waals surface area (Å²) < 4.78 is 24.1. The lowest BCUT2D eigenvalue weighted by Gasteiger charge is -2.11. The first-order chi connectivity index (χ1) is 10.0. The van der Waals surface area contributed by atoms with Crippen molar-refractivity contribution in [3.63, 3.8) is 0 Å². The quantitative estimate of drug-likeness (QED) is 0.774. The van der Waals surface area contributed by atoms with E-state index in [4.69, 9.17) is 21.1 Å². The second kappa shape index (κ2) is 6.59. The molecule has 2 rings (SSSR count). The van der Waals surface area contributed by atoms with Gasteiger partial charge in [0.2, 0.25) is 0 Å². The van der Waals surface area contributed by atoms with Crippen molar-refractivity contribution in [2.45, 2.75) is 13.5 Å². The normalized spacial score (nSPS) is 10.3. The summed E-state index contributed by atoms with van der Waals surface area (Å²) in [5, 5.41) is 0.0403. The third kappa shape index (κ3) is 3.73. The number of rotatable bonds is 5. The topological polar surface area (TPSA) is 35.5 Å². The van der Waals surface area contributed by atoms with Gasteiger partial charge in [-0.25, -0.2) is 4.39 Å². The van der Waals surface area contributed by atoms with Gasteiger partial charge in [-0.2, -0.15) is 0 Å². The number of Topliss-reactive ketones (excluding diaryl/α,β-unsaturated/α-hetero) is 1. The molecule has 0 aromatic heterocycles. The third-order valence-corrected chi connectivity index (χ3v) is 3.28. The molecule has 0 saturated heterocycles. The molecule has 5 heteroatoms. The lowest BCUT2D eigenvalue weighted by Crippen LogP contribution is -2.02. The average Bonchev–Trinajstić information content (AvgIpc) is 2.48. The van der Waals surface area contributed by atoms with Gasteiger partial charge in [0.05, 0.1) is 12.1 Å². The van der Waals surface area contributed by atoms with Crippen LogP contribution in [0.1, 0.15) is 22.8 Å². The molecule has 21 heavy (non-hydrogen) atoms. The molecule has 0 atom stereocenters. The van der Waals surface area contributed by atoms with Crippen LogP contribution in [0.5, 0.6) is 11.5 Å². The van der Waals surface area contributed by atoms with E-state index in [0.29, 0.717) is 22.6 Å². The van der Waals surface area contributed by atoms with E-state index in [1.54, 1.807) is 24.3 Å². The zero-order valence-electron chi connectivity index (χ0n) is 11.7. The van der Waals surface area contributed by atoms with Crippen LogP contribution < -0.4 is 9.47 Å². The third-order valence-electron chi connectivity index (χ3n) is 2.97. The van der Waals surface area contributed by atoms with Crippen LogP contribution in [0, 0.1) is 5.82 Å². The van der Waals surface area contributed by atoms with Gasteiger partial charge in [-0.3, -0.25) is 4.79 Å². The fourth-order valence-electron chi connectivity index (χ4n) is 1.84. The van der Waals surface area contributed by atoms with Gasteiger partial charge in [0.25, 0.3) is 0 Å². The first-order valence-corrected chi connectivity index (χ1v) is 6.64. The van der Waals surface area contributed by atoms with Crippen molar-refractivity contribution >= 4 is 17.4 Å². The average molecular weight is 309 g/mol. The minimum Gasteiger partial charge on any atom is -0.496 e. The first kappa shape index (κ1) is 15.3. The molecule has 0 radical (unpaired) electrons. The molecule has 0 aliphatic heterocycles. The summed E-state index contributed by atoms with van der Waals surface area (Å²) in [7, 11) is 1.54. The number of methoxy groups -OCH3 is 1. The molecule has 110 valence electrons. The highest BCUT2D eigenvalue weighted by molar-refractivity contribution is 6.30. The zero-order valence-corrected chi connectivity index (χ0v) is 12.4. The Morgan fingerprint density at radius 2 is 2.00 bits per heavy atom. The lowest BCUT2D eigenvalue weighted by molar-refractivity contribution is 0.101. The summed E-state index contributed by atoms with van der Waals surface area (Å²) >= 11 is 5.61. The summed E-state index contributed by atoms with van der Waals surface area (Å²) in [4.78, 5) is 11.4. The summed E-state index contributed by atoms with van der Waals surface area (Å²) in [6, 6.07) is 9.31. The Bertz CT molecular complexity index is 671. The van der Waals surface area contributed by atoms with E-state index in [0.717, 1.165) is 0 Å². The molecule has 0 heterocycles. The molecular formula is C16H14ClFO3. The molecule has 2 aromatic carbocycles. The molecule has 0 fully saturated rings. The maximum absolute atomic E-state index is 13.3. The number of halogens is 2. The molecule has 0 spiro atoms. The number of carbonyl (C=O) groups is 1. The van der Waals surface area contributed by atoms with E-state index >= 15 is 0 Å². The molecule has 0 aliphatic rings. The van der Waals surface area contributed by atoms with Crippen molar-refractivity contribution < 1.29 is 18.7 Å². The van der Waals surface area contributed by atoms with E-state index in [2.05, 4.69) is 0 Å². The molecular weight excluding hydrogens is 295 g/mol. The van der Waals surface area contributed by atoms with Gasteiger partial charge in [0.1, 0.15) is 23.9 Å². The van der Waals surface area contributed by atoms with Crippen LogP contribution >= 0.6 is 11.6 Å². The summed E-state index contributed by atoms with van der Waals surface area (Å²) in [6.45, 7) is 1.65. The van der Waals surface area contributed by atoms with Crippen molar-refractivity contribution in [2.75, 3.05) is 7.11 Å². The van der Waals surface area contributed by atoms with Crippen LogP contribution in [0.25, 0.3) is 0 Å². The molecule has 0 N–H and O–H groups in total. The molecule has 0 bridgehead atoms. The molecule has 0 amide bonds. The Morgan fingerprint density at radius 1 is 1.24 bits per heavy atom. The van der Waals surface area contributed by atoms with Crippen LogP contribution in [0.2, 0.25) is 5.02 Å². The maximum Gasteiger partial charge on any atom is 0.159 e. The van der Waals surface area contributed by atoms with E-state index < -0.39 is 5.82 Å².